The molecule has 0 aliphatic rings. The van der Waals surface area contributed by atoms with Crippen molar-refractivity contribution in [2.45, 2.75) is 4.90 Å². The number of halogens is 1. The van der Waals surface area contributed by atoms with E-state index >= 15 is 0 Å². The summed E-state index contributed by atoms with van der Waals surface area (Å²) in [5.74, 6) is 0.206. The van der Waals surface area contributed by atoms with Crippen LogP contribution in [0, 0.1) is 5.82 Å². The Morgan fingerprint density at radius 3 is 2.62 bits per heavy atom. The van der Waals surface area contributed by atoms with E-state index in [0.717, 1.165) is 11.8 Å². The van der Waals surface area contributed by atoms with Crippen LogP contribution in [0.3, 0.4) is 0 Å². The zero-order valence-electron chi connectivity index (χ0n) is 11.4. The van der Waals surface area contributed by atoms with Gasteiger partial charge in [0.05, 0.1) is 12.9 Å². The Balaban J connectivity index is 1.89. The van der Waals surface area contributed by atoms with Crippen LogP contribution in [0.25, 0.3) is 0 Å². The maximum atomic E-state index is 13.6. The molecule has 0 aliphatic heterocycles. The molecule has 0 aromatic heterocycles. The molecule has 3 N–H and O–H groups in total. The molecule has 2 aromatic carbocycles. The Kier molecular flexibility index (Phi) is 5.05. The number of hydrogen-bond donors (Lipinski definition) is 2. The second-order valence-corrected chi connectivity index (χ2v) is 5.27. The first-order valence-corrected chi connectivity index (χ1v) is 7.19. The van der Waals surface area contributed by atoms with E-state index in [9.17, 15) is 9.18 Å². The smallest absolute Gasteiger partial charge is 0.234 e. The van der Waals surface area contributed by atoms with Gasteiger partial charge in [-0.25, -0.2) is 4.39 Å². The van der Waals surface area contributed by atoms with Crippen molar-refractivity contribution >= 4 is 29.0 Å². The van der Waals surface area contributed by atoms with Crippen molar-refractivity contribution in [1.29, 1.82) is 0 Å². The molecule has 0 saturated carbocycles. The van der Waals surface area contributed by atoms with Gasteiger partial charge in [-0.1, -0.05) is 0 Å². The molecule has 2 aromatic rings. The second-order valence-electron chi connectivity index (χ2n) is 4.26. The van der Waals surface area contributed by atoms with Crippen LogP contribution in [-0.2, 0) is 4.79 Å². The fourth-order valence-corrected chi connectivity index (χ4v) is 2.37. The van der Waals surface area contributed by atoms with Crippen LogP contribution in [0.1, 0.15) is 0 Å². The highest BCUT2D eigenvalue weighted by Gasteiger charge is 2.07. The number of benzene rings is 2. The lowest BCUT2D eigenvalue weighted by molar-refractivity contribution is -0.113. The van der Waals surface area contributed by atoms with Gasteiger partial charge in [-0.3, -0.25) is 4.79 Å². The topological polar surface area (TPSA) is 64.3 Å². The number of nitrogens with two attached hydrogens (primary N) is 1. The molecule has 110 valence electrons. The minimum Gasteiger partial charge on any atom is -0.497 e. The third-order valence-corrected chi connectivity index (χ3v) is 3.74. The number of thioether (sulfide) groups is 1. The molecule has 4 nitrogen and oxygen atoms in total. The van der Waals surface area contributed by atoms with Gasteiger partial charge in [0.1, 0.15) is 11.6 Å². The number of nitrogen functional groups attached to an aromatic ring is 1. The number of methoxy groups -OCH3 is 1. The molecule has 0 unspecified atom stereocenters. The maximum Gasteiger partial charge on any atom is 0.234 e. The van der Waals surface area contributed by atoms with Crippen molar-refractivity contribution in [3.05, 3.63) is 48.3 Å². The molecule has 0 saturated heterocycles. The van der Waals surface area contributed by atoms with Crippen molar-refractivity contribution in [2.75, 3.05) is 23.9 Å². The minimum absolute atomic E-state index is 0.118. The van der Waals surface area contributed by atoms with E-state index < -0.39 is 5.82 Å². The molecule has 0 radical (unpaired) electrons. The summed E-state index contributed by atoms with van der Waals surface area (Å²) in [6, 6.07) is 11.4. The largest absolute Gasteiger partial charge is 0.497 e. The van der Waals surface area contributed by atoms with Crippen molar-refractivity contribution in [3.63, 3.8) is 0 Å². The third kappa shape index (κ3) is 4.39. The number of hydrogen-bond acceptors (Lipinski definition) is 4. The van der Waals surface area contributed by atoms with E-state index in [2.05, 4.69) is 5.32 Å². The molecule has 0 heterocycles. The maximum absolute atomic E-state index is 13.6. The summed E-state index contributed by atoms with van der Waals surface area (Å²) in [5, 5.41) is 2.73. The third-order valence-electron chi connectivity index (χ3n) is 2.69. The molecular formula is C15H15FN2O2S. The van der Waals surface area contributed by atoms with Gasteiger partial charge in [-0.2, -0.15) is 0 Å². The summed E-state index contributed by atoms with van der Waals surface area (Å²) in [7, 11) is 1.57. The van der Waals surface area contributed by atoms with Crippen LogP contribution < -0.4 is 15.8 Å². The summed E-state index contributed by atoms with van der Waals surface area (Å²) in [4.78, 5) is 12.2. The minimum atomic E-state index is -0.419. The van der Waals surface area contributed by atoms with Gasteiger partial charge >= 0.3 is 0 Å². The van der Waals surface area contributed by atoms with Crippen LogP contribution in [-0.4, -0.2) is 18.8 Å². The average Bonchev–Trinajstić information content (AvgIpc) is 2.47. The molecule has 0 fully saturated rings. The first-order valence-electron chi connectivity index (χ1n) is 6.20. The number of rotatable bonds is 5. The normalized spacial score (nSPS) is 10.2. The lowest BCUT2D eigenvalue weighted by atomic mass is 10.3. The van der Waals surface area contributed by atoms with E-state index in [1.165, 1.54) is 6.07 Å². The van der Waals surface area contributed by atoms with E-state index in [4.69, 9.17) is 10.5 Å². The Morgan fingerprint density at radius 1 is 1.29 bits per heavy atom. The predicted molar refractivity (Wildman–Crippen MR) is 83.2 cm³/mol. The molecule has 2 rings (SSSR count). The van der Waals surface area contributed by atoms with E-state index in [1.807, 2.05) is 0 Å². The van der Waals surface area contributed by atoms with Crippen molar-refractivity contribution in [2.24, 2.45) is 0 Å². The predicted octanol–water partition coefficient (Wildman–Crippen LogP) is 3.15. The number of carbonyl (C=O) groups is 1. The summed E-state index contributed by atoms with van der Waals surface area (Å²) in [5.41, 5.74) is 6.50. The first kappa shape index (κ1) is 15.2. The van der Waals surface area contributed by atoms with E-state index in [1.54, 1.807) is 43.5 Å². The number of carbonyl (C=O) groups excluding carboxylic acids is 1. The van der Waals surface area contributed by atoms with E-state index in [-0.39, 0.29) is 11.7 Å². The Labute approximate surface area is 126 Å². The Morgan fingerprint density at radius 2 is 2.00 bits per heavy atom. The van der Waals surface area contributed by atoms with Gasteiger partial charge < -0.3 is 15.8 Å². The number of nitrogens with one attached hydrogen (secondary N) is 1. The standard InChI is InChI=1S/C15H15FN2O2S/c1-20-12-5-3-11(4-6-12)18-15(19)9-21-14-7-2-10(17)8-13(14)16/h2-8H,9,17H2,1H3,(H,18,19). The molecule has 0 spiro atoms. The Hall–Kier alpha value is -2.21. The van der Waals surface area contributed by atoms with Crippen LogP contribution in [0.15, 0.2) is 47.4 Å². The van der Waals surface area contributed by atoms with Crippen LogP contribution in [0.4, 0.5) is 15.8 Å². The molecule has 21 heavy (non-hydrogen) atoms. The molecule has 6 heteroatoms. The second kappa shape index (κ2) is 6.99. The average molecular weight is 306 g/mol. The molecule has 0 aliphatic carbocycles. The SMILES string of the molecule is COc1ccc(NC(=O)CSc2ccc(N)cc2F)cc1. The molecule has 1 amide bonds. The summed E-state index contributed by atoms with van der Waals surface area (Å²) >= 11 is 1.12. The highest BCUT2D eigenvalue weighted by molar-refractivity contribution is 8.00. The van der Waals surface area contributed by atoms with Gasteiger partial charge in [-0.15, -0.1) is 11.8 Å². The zero-order valence-corrected chi connectivity index (χ0v) is 12.2. The van der Waals surface area contributed by atoms with Gasteiger partial charge in [0.25, 0.3) is 0 Å². The summed E-state index contributed by atoms with van der Waals surface area (Å²) in [6.45, 7) is 0. The monoisotopic (exact) mass is 306 g/mol. The first-order chi connectivity index (χ1) is 10.1. The quantitative estimate of drug-likeness (QED) is 0.658. The van der Waals surface area contributed by atoms with Gasteiger partial charge in [0.2, 0.25) is 5.91 Å². The molecular weight excluding hydrogens is 291 g/mol. The van der Waals surface area contributed by atoms with Crippen molar-refractivity contribution < 1.29 is 13.9 Å². The van der Waals surface area contributed by atoms with Gasteiger partial charge in [-0.05, 0) is 42.5 Å². The molecule has 0 bridgehead atoms. The summed E-state index contributed by atoms with van der Waals surface area (Å²) in [6.07, 6.45) is 0. The number of ether oxygens (including phenoxy) is 1. The van der Waals surface area contributed by atoms with Crippen LogP contribution in [0.2, 0.25) is 0 Å². The zero-order chi connectivity index (χ0) is 15.2. The van der Waals surface area contributed by atoms with Crippen molar-refractivity contribution in [1.82, 2.24) is 0 Å². The number of amides is 1. The van der Waals surface area contributed by atoms with Crippen LogP contribution >= 0.6 is 11.8 Å². The van der Waals surface area contributed by atoms with Gasteiger partial charge in [0.15, 0.2) is 0 Å². The van der Waals surface area contributed by atoms with Gasteiger partial charge in [0, 0.05) is 16.3 Å². The van der Waals surface area contributed by atoms with Crippen molar-refractivity contribution in [3.8, 4) is 5.75 Å². The summed E-state index contributed by atoms with van der Waals surface area (Å²) < 4.78 is 18.6. The fourth-order valence-electron chi connectivity index (χ4n) is 1.65. The lowest BCUT2D eigenvalue weighted by Crippen LogP contribution is -2.14. The highest BCUT2D eigenvalue weighted by atomic mass is 32.2. The number of anilines is 2. The molecule has 0 atom stereocenters. The Bertz CT molecular complexity index is 632. The highest BCUT2D eigenvalue weighted by Crippen LogP contribution is 2.23. The van der Waals surface area contributed by atoms with Crippen LogP contribution in [0.5, 0.6) is 5.75 Å². The lowest BCUT2D eigenvalue weighted by Gasteiger charge is -2.07. The van der Waals surface area contributed by atoms with E-state index in [0.29, 0.717) is 22.0 Å². The fraction of sp³-hybridized carbons (Fsp3) is 0.133.